The van der Waals surface area contributed by atoms with Crippen LogP contribution in [0.3, 0.4) is 0 Å². The van der Waals surface area contributed by atoms with Gasteiger partial charge in [-0.2, -0.15) is 0 Å². The minimum Gasteiger partial charge on any atom is -0.490 e. The van der Waals surface area contributed by atoms with Crippen molar-refractivity contribution in [3.8, 4) is 5.75 Å². The molecular formula is C17H23NO3. The molecule has 0 aromatic heterocycles. The summed E-state index contributed by atoms with van der Waals surface area (Å²) in [5.74, 6) is 1.12. The smallest absolute Gasteiger partial charge is 0.257 e. The number of para-hydroxylation sites is 1. The molecule has 0 spiro atoms. The third-order valence-corrected chi connectivity index (χ3v) is 4.62. The second kappa shape index (κ2) is 6.48. The van der Waals surface area contributed by atoms with Crippen LogP contribution < -0.4 is 4.74 Å². The molecule has 0 atom stereocenters. The Morgan fingerprint density at radius 1 is 1.19 bits per heavy atom. The molecule has 4 heteroatoms. The van der Waals surface area contributed by atoms with Gasteiger partial charge in [0.2, 0.25) is 0 Å². The summed E-state index contributed by atoms with van der Waals surface area (Å²) in [6.45, 7) is 1.67. The maximum atomic E-state index is 12.7. The first kappa shape index (κ1) is 14.4. The van der Waals surface area contributed by atoms with Crippen LogP contribution in [-0.4, -0.2) is 41.7 Å². The van der Waals surface area contributed by atoms with Gasteiger partial charge in [-0.25, -0.2) is 0 Å². The average Bonchev–Trinajstić information content (AvgIpc) is 2.51. The zero-order chi connectivity index (χ0) is 14.7. The Kier molecular flexibility index (Phi) is 4.44. The number of benzene rings is 1. The van der Waals surface area contributed by atoms with Gasteiger partial charge >= 0.3 is 0 Å². The van der Waals surface area contributed by atoms with Crippen molar-refractivity contribution in [2.45, 2.75) is 38.2 Å². The maximum absolute atomic E-state index is 12.7. The van der Waals surface area contributed by atoms with E-state index in [0.29, 0.717) is 11.5 Å². The van der Waals surface area contributed by atoms with Gasteiger partial charge in [0.25, 0.3) is 5.91 Å². The number of aliphatic hydroxyl groups excluding tert-OH is 1. The Morgan fingerprint density at radius 2 is 1.90 bits per heavy atom. The molecule has 4 nitrogen and oxygen atoms in total. The van der Waals surface area contributed by atoms with Gasteiger partial charge in [0.05, 0.1) is 11.7 Å². The molecule has 1 aliphatic heterocycles. The lowest BCUT2D eigenvalue weighted by Gasteiger charge is -2.32. The van der Waals surface area contributed by atoms with Crippen molar-refractivity contribution in [2.24, 2.45) is 5.92 Å². The van der Waals surface area contributed by atoms with Gasteiger partial charge in [-0.3, -0.25) is 4.79 Å². The van der Waals surface area contributed by atoms with E-state index in [1.807, 2.05) is 29.2 Å². The molecule has 1 saturated carbocycles. The Bertz CT molecular complexity index is 491. The van der Waals surface area contributed by atoms with Gasteiger partial charge < -0.3 is 14.7 Å². The fraction of sp³-hybridized carbons (Fsp3) is 0.588. The molecule has 2 aliphatic rings. The van der Waals surface area contributed by atoms with Crippen LogP contribution in [0.1, 0.15) is 42.5 Å². The molecule has 0 unspecified atom stereocenters. The summed E-state index contributed by atoms with van der Waals surface area (Å²) in [6, 6.07) is 7.56. The molecule has 21 heavy (non-hydrogen) atoms. The zero-order valence-electron chi connectivity index (χ0n) is 12.3. The largest absolute Gasteiger partial charge is 0.490 e. The SMILES string of the molecule is O=C(c1ccccc1OC1CCC1)N1CCC(CO)CC1. The van der Waals surface area contributed by atoms with Gasteiger partial charge in [0, 0.05) is 19.7 Å². The predicted molar refractivity (Wildman–Crippen MR) is 80.4 cm³/mol. The average molecular weight is 289 g/mol. The number of amides is 1. The summed E-state index contributed by atoms with van der Waals surface area (Å²) >= 11 is 0. The molecule has 3 rings (SSSR count). The highest BCUT2D eigenvalue weighted by atomic mass is 16.5. The molecule has 1 aromatic rings. The number of likely N-dealkylation sites (tertiary alicyclic amines) is 1. The summed E-state index contributed by atoms with van der Waals surface area (Å²) in [5, 5.41) is 9.19. The number of hydrogen-bond donors (Lipinski definition) is 1. The molecule has 114 valence electrons. The van der Waals surface area contributed by atoms with Crippen molar-refractivity contribution < 1.29 is 14.6 Å². The fourth-order valence-electron chi connectivity index (χ4n) is 2.90. The minimum atomic E-state index is 0.0568. The predicted octanol–water partition coefficient (Wildman–Crippen LogP) is 2.46. The lowest BCUT2D eigenvalue weighted by molar-refractivity contribution is 0.0636. The molecule has 2 fully saturated rings. The van der Waals surface area contributed by atoms with E-state index in [4.69, 9.17) is 4.74 Å². The van der Waals surface area contributed by atoms with Crippen molar-refractivity contribution in [2.75, 3.05) is 19.7 Å². The van der Waals surface area contributed by atoms with Gasteiger partial charge in [-0.1, -0.05) is 12.1 Å². The second-order valence-corrected chi connectivity index (χ2v) is 6.09. The van der Waals surface area contributed by atoms with E-state index in [1.54, 1.807) is 0 Å². The van der Waals surface area contributed by atoms with E-state index < -0.39 is 0 Å². The first-order valence-electron chi connectivity index (χ1n) is 7.93. The Hall–Kier alpha value is -1.55. The zero-order valence-corrected chi connectivity index (χ0v) is 12.3. The third-order valence-electron chi connectivity index (χ3n) is 4.62. The van der Waals surface area contributed by atoms with Crippen molar-refractivity contribution in [3.05, 3.63) is 29.8 Å². The molecule has 0 radical (unpaired) electrons. The van der Waals surface area contributed by atoms with Crippen LogP contribution in [0.25, 0.3) is 0 Å². The first-order valence-corrected chi connectivity index (χ1v) is 7.93. The van der Waals surface area contributed by atoms with Gasteiger partial charge in [0.15, 0.2) is 0 Å². The third kappa shape index (κ3) is 3.21. The molecule has 1 aliphatic carbocycles. The van der Waals surface area contributed by atoms with Crippen LogP contribution in [0.4, 0.5) is 0 Å². The van der Waals surface area contributed by atoms with Gasteiger partial charge in [0.1, 0.15) is 5.75 Å². The summed E-state index contributed by atoms with van der Waals surface area (Å²) in [6.07, 6.45) is 5.44. The highest BCUT2D eigenvalue weighted by molar-refractivity contribution is 5.97. The Morgan fingerprint density at radius 3 is 2.52 bits per heavy atom. The number of hydrogen-bond acceptors (Lipinski definition) is 3. The van der Waals surface area contributed by atoms with Crippen molar-refractivity contribution in [3.63, 3.8) is 0 Å². The highest BCUT2D eigenvalue weighted by Gasteiger charge is 2.26. The van der Waals surface area contributed by atoms with Crippen LogP contribution >= 0.6 is 0 Å². The number of rotatable bonds is 4. The number of nitrogens with zero attached hydrogens (tertiary/aromatic N) is 1. The summed E-state index contributed by atoms with van der Waals surface area (Å²) in [5.41, 5.74) is 0.673. The molecular weight excluding hydrogens is 266 g/mol. The number of aliphatic hydroxyl groups is 1. The van der Waals surface area contributed by atoms with Crippen molar-refractivity contribution in [1.82, 2.24) is 4.90 Å². The monoisotopic (exact) mass is 289 g/mol. The fourth-order valence-corrected chi connectivity index (χ4v) is 2.90. The van der Waals surface area contributed by atoms with Crippen molar-refractivity contribution >= 4 is 5.91 Å². The Labute approximate surface area is 125 Å². The van der Waals surface area contributed by atoms with Gasteiger partial charge in [-0.15, -0.1) is 0 Å². The Balaban J connectivity index is 1.69. The van der Waals surface area contributed by atoms with Gasteiger partial charge in [-0.05, 0) is 50.2 Å². The number of carbonyl (C=O) groups is 1. The minimum absolute atomic E-state index is 0.0568. The molecule has 1 aromatic carbocycles. The van der Waals surface area contributed by atoms with Crippen LogP contribution in [0.15, 0.2) is 24.3 Å². The highest BCUT2D eigenvalue weighted by Crippen LogP contribution is 2.29. The molecule has 1 saturated heterocycles. The second-order valence-electron chi connectivity index (χ2n) is 6.09. The number of carbonyl (C=O) groups excluding carboxylic acids is 1. The van der Waals surface area contributed by atoms with E-state index in [2.05, 4.69) is 0 Å². The summed E-state index contributed by atoms with van der Waals surface area (Å²) in [7, 11) is 0. The van der Waals surface area contributed by atoms with Crippen LogP contribution in [0, 0.1) is 5.92 Å². The number of piperidine rings is 1. The molecule has 0 bridgehead atoms. The van der Waals surface area contributed by atoms with E-state index >= 15 is 0 Å². The van der Waals surface area contributed by atoms with Crippen LogP contribution in [-0.2, 0) is 0 Å². The van der Waals surface area contributed by atoms with E-state index in [0.717, 1.165) is 44.5 Å². The van der Waals surface area contributed by atoms with Crippen LogP contribution in [0.5, 0.6) is 5.75 Å². The first-order chi connectivity index (χ1) is 10.3. The van der Waals surface area contributed by atoms with E-state index in [9.17, 15) is 9.90 Å². The number of ether oxygens (including phenoxy) is 1. The lowest BCUT2D eigenvalue weighted by Crippen LogP contribution is -2.39. The quantitative estimate of drug-likeness (QED) is 0.926. The van der Waals surface area contributed by atoms with Crippen molar-refractivity contribution in [1.29, 1.82) is 0 Å². The summed E-state index contributed by atoms with van der Waals surface area (Å²) in [4.78, 5) is 14.6. The molecule has 1 amide bonds. The lowest BCUT2D eigenvalue weighted by atomic mass is 9.96. The van der Waals surface area contributed by atoms with E-state index in [1.165, 1.54) is 6.42 Å². The maximum Gasteiger partial charge on any atom is 0.257 e. The van der Waals surface area contributed by atoms with E-state index in [-0.39, 0.29) is 18.6 Å². The summed E-state index contributed by atoms with van der Waals surface area (Å²) < 4.78 is 5.95. The standard InChI is InChI=1S/C17H23NO3/c19-12-13-8-10-18(11-9-13)17(20)15-6-1-2-7-16(15)21-14-4-3-5-14/h1-2,6-7,13-14,19H,3-5,8-12H2. The molecule has 1 N–H and O–H groups in total. The molecule has 1 heterocycles. The topological polar surface area (TPSA) is 49.8 Å². The van der Waals surface area contributed by atoms with Crippen LogP contribution in [0.2, 0.25) is 0 Å². The normalized spacial score (nSPS) is 20.1.